The van der Waals surface area contributed by atoms with Crippen molar-refractivity contribution in [2.45, 2.75) is 20.3 Å². The van der Waals surface area contributed by atoms with E-state index in [1.54, 1.807) is 19.1 Å². The van der Waals surface area contributed by atoms with Crippen LogP contribution in [0.2, 0.25) is 0 Å². The summed E-state index contributed by atoms with van der Waals surface area (Å²) in [7, 11) is 0. The van der Waals surface area contributed by atoms with Crippen molar-refractivity contribution in [2.24, 2.45) is 0 Å². The minimum Gasteiger partial charge on any atom is -0.494 e. The molecule has 1 aromatic carbocycles. The van der Waals surface area contributed by atoms with Crippen molar-refractivity contribution >= 4 is 5.78 Å². The Labute approximate surface area is 90.3 Å². The Morgan fingerprint density at radius 2 is 2.27 bits per heavy atom. The van der Waals surface area contributed by atoms with Crippen LogP contribution in [0.4, 0.5) is 0 Å². The molecule has 0 unspecified atom stereocenters. The maximum atomic E-state index is 11.6. The van der Waals surface area contributed by atoms with Gasteiger partial charge in [0.05, 0.1) is 13.0 Å². The summed E-state index contributed by atoms with van der Waals surface area (Å²) in [5.41, 5.74) is 0.656. The summed E-state index contributed by atoms with van der Waals surface area (Å²) in [6.07, 6.45) is 0.270. The second kappa shape index (κ2) is 5.87. The van der Waals surface area contributed by atoms with E-state index in [2.05, 4.69) is 11.8 Å². The Morgan fingerprint density at radius 3 is 2.93 bits per heavy atom. The number of Topliss-reactive ketones (excluding diaryl/α,β-unsaturated/α-hetero) is 1. The predicted molar refractivity (Wildman–Crippen MR) is 60.0 cm³/mol. The highest BCUT2D eigenvalue weighted by Gasteiger charge is 2.04. The van der Waals surface area contributed by atoms with Crippen LogP contribution in [0, 0.1) is 11.8 Å². The van der Waals surface area contributed by atoms with E-state index in [9.17, 15) is 4.79 Å². The summed E-state index contributed by atoms with van der Waals surface area (Å²) in [6, 6.07) is 7.19. The maximum absolute atomic E-state index is 11.6. The van der Waals surface area contributed by atoms with Crippen molar-refractivity contribution in [2.75, 3.05) is 6.61 Å². The average Bonchev–Trinajstić information content (AvgIpc) is 2.27. The molecule has 0 saturated heterocycles. The first-order chi connectivity index (χ1) is 7.27. The quantitative estimate of drug-likeness (QED) is 0.554. The highest BCUT2D eigenvalue weighted by Crippen LogP contribution is 2.14. The Kier molecular flexibility index (Phi) is 4.43. The molecule has 1 rings (SSSR count). The lowest BCUT2D eigenvalue weighted by Crippen LogP contribution is -1.98. The number of benzene rings is 1. The molecule has 0 aliphatic heterocycles. The van der Waals surface area contributed by atoms with Gasteiger partial charge in [0.15, 0.2) is 5.78 Å². The molecule has 0 radical (unpaired) electrons. The minimum atomic E-state index is 0.0332. The van der Waals surface area contributed by atoms with Gasteiger partial charge in [-0.1, -0.05) is 18.1 Å². The summed E-state index contributed by atoms with van der Waals surface area (Å²) >= 11 is 0. The van der Waals surface area contributed by atoms with E-state index >= 15 is 0 Å². The number of rotatable bonds is 4. The lowest BCUT2D eigenvalue weighted by atomic mass is 10.1. The highest BCUT2D eigenvalue weighted by atomic mass is 16.5. The fraction of sp³-hybridized carbons (Fsp3) is 0.308. The topological polar surface area (TPSA) is 26.3 Å². The van der Waals surface area contributed by atoms with Crippen LogP contribution in [-0.4, -0.2) is 12.4 Å². The van der Waals surface area contributed by atoms with Crippen LogP contribution in [0.3, 0.4) is 0 Å². The van der Waals surface area contributed by atoms with Crippen LogP contribution in [0.1, 0.15) is 30.6 Å². The Hall–Kier alpha value is -1.75. The average molecular weight is 202 g/mol. The first kappa shape index (κ1) is 11.3. The fourth-order valence-corrected chi connectivity index (χ4v) is 1.20. The molecule has 0 fully saturated rings. The number of carbonyl (C=O) groups is 1. The highest BCUT2D eigenvalue weighted by molar-refractivity contribution is 5.97. The van der Waals surface area contributed by atoms with Crippen molar-refractivity contribution in [3.8, 4) is 17.6 Å². The molecule has 2 nitrogen and oxygen atoms in total. The Bertz CT molecular complexity index is 396. The van der Waals surface area contributed by atoms with Crippen molar-refractivity contribution in [1.29, 1.82) is 0 Å². The van der Waals surface area contributed by atoms with Crippen LogP contribution in [0.15, 0.2) is 24.3 Å². The predicted octanol–water partition coefficient (Wildman–Crippen LogP) is 2.68. The largest absolute Gasteiger partial charge is 0.494 e. The summed E-state index contributed by atoms with van der Waals surface area (Å²) in [4.78, 5) is 11.6. The van der Waals surface area contributed by atoms with E-state index < -0.39 is 0 Å². The summed E-state index contributed by atoms with van der Waals surface area (Å²) in [6.45, 7) is 4.24. The van der Waals surface area contributed by atoms with Gasteiger partial charge in [0, 0.05) is 5.56 Å². The van der Waals surface area contributed by atoms with E-state index in [1.807, 2.05) is 19.1 Å². The molecule has 2 heteroatoms. The van der Waals surface area contributed by atoms with Crippen molar-refractivity contribution in [3.05, 3.63) is 29.8 Å². The van der Waals surface area contributed by atoms with E-state index in [4.69, 9.17) is 4.74 Å². The van der Waals surface area contributed by atoms with Crippen molar-refractivity contribution < 1.29 is 9.53 Å². The molecular weight excluding hydrogens is 188 g/mol. The number of carbonyl (C=O) groups excluding carboxylic acids is 1. The molecule has 15 heavy (non-hydrogen) atoms. The smallest absolute Gasteiger partial charge is 0.174 e. The molecule has 0 aliphatic carbocycles. The fourth-order valence-electron chi connectivity index (χ4n) is 1.20. The van der Waals surface area contributed by atoms with Crippen LogP contribution in [0.5, 0.6) is 5.75 Å². The van der Waals surface area contributed by atoms with E-state index in [1.165, 1.54) is 0 Å². The second-order valence-corrected chi connectivity index (χ2v) is 2.99. The van der Waals surface area contributed by atoms with Gasteiger partial charge in [0.25, 0.3) is 0 Å². The third-order valence-corrected chi connectivity index (χ3v) is 1.89. The molecule has 0 aliphatic rings. The van der Waals surface area contributed by atoms with Crippen LogP contribution >= 0.6 is 0 Å². The number of ether oxygens (including phenoxy) is 1. The van der Waals surface area contributed by atoms with Crippen molar-refractivity contribution in [1.82, 2.24) is 0 Å². The second-order valence-electron chi connectivity index (χ2n) is 2.99. The zero-order valence-electron chi connectivity index (χ0n) is 9.04. The van der Waals surface area contributed by atoms with Gasteiger partial charge in [-0.3, -0.25) is 4.79 Å². The van der Waals surface area contributed by atoms with Gasteiger partial charge in [-0.2, -0.15) is 0 Å². The minimum absolute atomic E-state index is 0.0332. The van der Waals surface area contributed by atoms with Crippen molar-refractivity contribution in [3.63, 3.8) is 0 Å². The molecule has 78 valence electrons. The molecule has 0 heterocycles. The Morgan fingerprint density at radius 1 is 1.47 bits per heavy atom. The van der Waals surface area contributed by atoms with Gasteiger partial charge in [0.1, 0.15) is 5.75 Å². The number of ketones is 1. The normalized spacial score (nSPS) is 8.93. The first-order valence-corrected chi connectivity index (χ1v) is 4.93. The molecule has 0 N–H and O–H groups in total. The summed E-state index contributed by atoms with van der Waals surface area (Å²) in [5, 5.41) is 0. The van der Waals surface area contributed by atoms with Crippen LogP contribution in [-0.2, 0) is 0 Å². The van der Waals surface area contributed by atoms with Crippen LogP contribution in [0.25, 0.3) is 0 Å². The third-order valence-electron chi connectivity index (χ3n) is 1.89. The number of hydrogen-bond donors (Lipinski definition) is 0. The standard InChI is InChI=1S/C13H14O2/c1-3-5-9-13(14)11-7-6-8-12(10-11)15-4-2/h6-8,10H,4,9H2,1-2H3. The van der Waals surface area contributed by atoms with Gasteiger partial charge in [-0.25, -0.2) is 0 Å². The van der Waals surface area contributed by atoms with Gasteiger partial charge in [-0.15, -0.1) is 5.92 Å². The van der Waals surface area contributed by atoms with E-state index in [-0.39, 0.29) is 12.2 Å². The summed E-state index contributed by atoms with van der Waals surface area (Å²) < 4.78 is 5.31. The zero-order valence-corrected chi connectivity index (χ0v) is 9.04. The van der Waals surface area contributed by atoms with Crippen LogP contribution < -0.4 is 4.74 Å². The number of hydrogen-bond acceptors (Lipinski definition) is 2. The van der Waals surface area contributed by atoms with Gasteiger partial charge in [-0.05, 0) is 26.0 Å². The first-order valence-electron chi connectivity index (χ1n) is 4.93. The lowest BCUT2D eigenvalue weighted by molar-refractivity contribution is 0.0997. The molecule has 0 spiro atoms. The SMILES string of the molecule is CC#CCC(=O)c1cccc(OCC)c1. The molecule has 0 atom stereocenters. The molecule has 0 aromatic heterocycles. The summed E-state index contributed by atoms with van der Waals surface area (Å²) in [5.74, 6) is 6.23. The monoisotopic (exact) mass is 202 g/mol. The van der Waals surface area contributed by atoms with Gasteiger partial charge < -0.3 is 4.74 Å². The maximum Gasteiger partial charge on any atom is 0.174 e. The molecular formula is C13H14O2. The molecule has 0 saturated carbocycles. The lowest BCUT2D eigenvalue weighted by Gasteiger charge is -2.03. The Balaban J connectivity index is 2.78. The van der Waals surface area contributed by atoms with E-state index in [0.29, 0.717) is 12.2 Å². The molecule has 0 bridgehead atoms. The molecule has 0 amide bonds. The molecule has 1 aromatic rings. The third kappa shape index (κ3) is 3.47. The van der Waals surface area contributed by atoms with Gasteiger partial charge in [0.2, 0.25) is 0 Å². The van der Waals surface area contributed by atoms with E-state index in [0.717, 1.165) is 5.75 Å². The van der Waals surface area contributed by atoms with Gasteiger partial charge >= 0.3 is 0 Å². The zero-order chi connectivity index (χ0) is 11.1.